The molecule has 0 spiro atoms. The van der Waals surface area contributed by atoms with Crippen LogP contribution in [0.4, 0.5) is 10.1 Å². The highest BCUT2D eigenvalue weighted by Gasteiger charge is 2.21. The van der Waals surface area contributed by atoms with Gasteiger partial charge in [0.1, 0.15) is 5.82 Å². The van der Waals surface area contributed by atoms with Crippen LogP contribution in [0.25, 0.3) is 17.3 Å². The van der Waals surface area contributed by atoms with Crippen molar-refractivity contribution < 1.29 is 22.8 Å². The summed E-state index contributed by atoms with van der Waals surface area (Å²) in [4.78, 5) is 12.3. The smallest absolute Gasteiger partial charge is 0.323 e. The largest absolute Gasteiger partial charge is 0.334 e. The summed E-state index contributed by atoms with van der Waals surface area (Å²) in [5.74, 6) is -0.677. The third-order valence-electron chi connectivity index (χ3n) is 4.63. The molecule has 1 aromatic heterocycles. The first-order valence-electron chi connectivity index (χ1n) is 9.40. The second-order valence-electron chi connectivity index (χ2n) is 6.74. The zero-order valence-corrected chi connectivity index (χ0v) is 18.3. The molecule has 2 aromatic carbocycles. The van der Waals surface area contributed by atoms with Gasteiger partial charge in [-0.25, -0.2) is 4.39 Å². The topological polar surface area (TPSA) is 82.5 Å². The van der Waals surface area contributed by atoms with Crippen molar-refractivity contribution in [1.82, 2.24) is 9.78 Å². The summed E-state index contributed by atoms with van der Waals surface area (Å²) in [5.41, 5.74) is 3.40. The Kier molecular flexibility index (Phi) is 7.17. The van der Waals surface area contributed by atoms with Crippen molar-refractivity contribution in [1.29, 1.82) is 0 Å². The van der Waals surface area contributed by atoms with Crippen molar-refractivity contribution in [3.05, 3.63) is 77.7 Å². The van der Waals surface area contributed by atoms with Crippen molar-refractivity contribution in [2.75, 3.05) is 19.5 Å². The molecule has 7 nitrogen and oxygen atoms in total. The summed E-state index contributed by atoms with van der Waals surface area (Å²) in [6, 6.07) is 13.1. The summed E-state index contributed by atoms with van der Waals surface area (Å²) < 4.78 is 37.3. The number of carbonyl (C=O) groups excluding carboxylic acids is 1. The Hall–Kier alpha value is -3.06. The van der Waals surface area contributed by atoms with E-state index >= 15 is 0 Å². The number of hydrogen-bond donors (Lipinski definition) is 1. The van der Waals surface area contributed by atoms with Gasteiger partial charge in [0.15, 0.2) is 0 Å². The molecule has 1 heterocycles. The molecule has 9 heteroatoms. The number of nitrogens with zero attached hydrogens (tertiary/aromatic N) is 2. The fourth-order valence-corrected chi connectivity index (χ4v) is 4.10. The highest BCUT2D eigenvalue weighted by Crippen LogP contribution is 2.49. The maximum atomic E-state index is 13.6. The van der Waals surface area contributed by atoms with Gasteiger partial charge in [-0.2, -0.15) is 5.10 Å². The van der Waals surface area contributed by atoms with Gasteiger partial charge in [-0.3, -0.25) is 14.0 Å². The van der Waals surface area contributed by atoms with Crippen LogP contribution in [0.5, 0.6) is 0 Å². The number of amides is 1. The van der Waals surface area contributed by atoms with Crippen molar-refractivity contribution in [3.8, 4) is 11.3 Å². The maximum absolute atomic E-state index is 13.6. The first-order chi connectivity index (χ1) is 14.8. The van der Waals surface area contributed by atoms with Crippen LogP contribution in [-0.4, -0.2) is 29.9 Å². The van der Waals surface area contributed by atoms with E-state index in [1.807, 2.05) is 0 Å². The molecule has 0 atom stereocenters. The minimum atomic E-state index is -3.15. The third kappa shape index (κ3) is 5.76. The van der Waals surface area contributed by atoms with Crippen LogP contribution >= 0.6 is 7.60 Å². The molecule has 0 unspecified atom stereocenters. The summed E-state index contributed by atoms with van der Waals surface area (Å²) in [5, 5.41) is 6.97. The molecule has 0 saturated heterocycles. The van der Waals surface area contributed by atoms with Gasteiger partial charge < -0.3 is 14.4 Å². The lowest BCUT2D eigenvalue weighted by atomic mass is 10.1. The van der Waals surface area contributed by atoms with E-state index in [-0.39, 0.29) is 17.9 Å². The van der Waals surface area contributed by atoms with Gasteiger partial charge in [0.2, 0.25) is 5.91 Å². The Morgan fingerprint density at radius 3 is 2.55 bits per heavy atom. The predicted octanol–water partition coefficient (Wildman–Crippen LogP) is 4.86. The van der Waals surface area contributed by atoms with E-state index in [0.717, 1.165) is 5.56 Å². The second kappa shape index (κ2) is 9.83. The molecule has 0 aliphatic rings. The summed E-state index contributed by atoms with van der Waals surface area (Å²) in [6.07, 6.45) is 4.77. The highest BCUT2D eigenvalue weighted by atomic mass is 31.2. The van der Waals surface area contributed by atoms with Gasteiger partial charge in [0.25, 0.3) is 0 Å². The van der Waals surface area contributed by atoms with Crippen LogP contribution in [-0.2, 0) is 31.6 Å². The molecule has 162 valence electrons. The van der Waals surface area contributed by atoms with E-state index in [1.54, 1.807) is 60.4 Å². The average Bonchev–Trinajstić information content (AvgIpc) is 3.14. The van der Waals surface area contributed by atoms with Crippen molar-refractivity contribution in [3.63, 3.8) is 0 Å². The summed E-state index contributed by atoms with van der Waals surface area (Å²) in [7, 11) is 1.28. The van der Waals surface area contributed by atoms with Crippen molar-refractivity contribution in [2.24, 2.45) is 7.05 Å². The molecule has 0 bridgehead atoms. The predicted molar refractivity (Wildman–Crippen MR) is 118 cm³/mol. The van der Waals surface area contributed by atoms with Gasteiger partial charge in [-0.05, 0) is 35.9 Å². The standard InChI is InChI=1S/C22H23FN3O4P/c1-26-22(17-5-4-6-19(23)13-17)18(14-24-26)9-12-21(27)25-20-10-7-16(8-11-20)15-31(28,29-2)30-3/h4-14H,15H2,1-3H3,(H,25,27). The van der Waals surface area contributed by atoms with Crippen LogP contribution in [0.2, 0.25) is 0 Å². The second-order valence-corrected chi connectivity index (χ2v) is 9.00. The van der Waals surface area contributed by atoms with E-state index in [9.17, 15) is 13.8 Å². The minimum Gasteiger partial charge on any atom is -0.323 e. The van der Waals surface area contributed by atoms with Gasteiger partial charge in [0, 0.05) is 44.2 Å². The number of carbonyl (C=O) groups is 1. The quantitative estimate of drug-likeness (QED) is 0.397. The van der Waals surface area contributed by atoms with Crippen LogP contribution < -0.4 is 5.32 Å². The van der Waals surface area contributed by atoms with Crippen LogP contribution in [0, 0.1) is 5.82 Å². The summed E-state index contributed by atoms with van der Waals surface area (Å²) >= 11 is 0. The number of aromatic nitrogens is 2. The van der Waals surface area contributed by atoms with Gasteiger partial charge in [-0.1, -0.05) is 24.3 Å². The number of halogens is 1. The zero-order valence-electron chi connectivity index (χ0n) is 17.4. The van der Waals surface area contributed by atoms with E-state index in [2.05, 4.69) is 10.4 Å². The average molecular weight is 443 g/mol. The van der Waals surface area contributed by atoms with Crippen LogP contribution in [0.15, 0.2) is 60.8 Å². The monoisotopic (exact) mass is 443 g/mol. The Bertz CT molecular complexity index is 1130. The number of aryl methyl sites for hydroxylation is 1. The lowest BCUT2D eigenvalue weighted by Crippen LogP contribution is -2.07. The Morgan fingerprint density at radius 2 is 1.90 bits per heavy atom. The third-order valence-corrected chi connectivity index (χ3v) is 6.50. The molecule has 0 fully saturated rings. The van der Waals surface area contributed by atoms with E-state index in [4.69, 9.17) is 9.05 Å². The fraction of sp³-hybridized carbons (Fsp3) is 0.182. The van der Waals surface area contributed by atoms with Gasteiger partial charge in [-0.15, -0.1) is 0 Å². The summed E-state index contributed by atoms with van der Waals surface area (Å²) in [6.45, 7) is 0. The first kappa shape index (κ1) is 22.6. The number of rotatable bonds is 8. The molecule has 3 rings (SSSR count). The zero-order chi connectivity index (χ0) is 22.4. The minimum absolute atomic E-state index is 0.137. The Labute approximate surface area is 180 Å². The molecule has 0 aliphatic heterocycles. The molecule has 31 heavy (non-hydrogen) atoms. The molecule has 3 aromatic rings. The van der Waals surface area contributed by atoms with E-state index in [1.165, 1.54) is 32.4 Å². The SMILES string of the molecule is COP(=O)(Cc1ccc(NC(=O)C=Cc2cnn(C)c2-c2cccc(F)c2)cc1)OC. The number of anilines is 1. The molecule has 0 aliphatic carbocycles. The highest BCUT2D eigenvalue weighted by molar-refractivity contribution is 7.52. The fourth-order valence-electron chi connectivity index (χ4n) is 3.04. The molecule has 1 amide bonds. The Balaban J connectivity index is 1.69. The number of hydrogen-bond acceptors (Lipinski definition) is 5. The van der Waals surface area contributed by atoms with E-state index in [0.29, 0.717) is 22.5 Å². The van der Waals surface area contributed by atoms with Crippen LogP contribution in [0.1, 0.15) is 11.1 Å². The maximum Gasteiger partial charge on any atom is 0.334 e. The van der Waals surface area contributed by atoms with Crippen LogP contribution in [0.3, 0.4) is 0 Å². The first-order valence-corrected chi connectivity index (χ1v) is 11.1. The lowest BCUT2D eigenvalue weighted by Gasteiger charge is -2.13. The molecule has 1 N–H and O–H groups in total. The van der Waals surface area contributed by atoms with Gasteiger partial charge >= 0.3 is 7.60 Å². The molecule has 0 saturated carbocycles. The number of nitrogens with one attached hydrogen (secondary N) is 1. The molecule has 0 radical (unpaired) electrons. The van der Waals surface area contributed by atoms with Crippen molar-refractivity contribution >= 4 is 25.3 Å². The number of benzene rings is 2. The normalized spacial score (nSPS) is 11.7. The Morgan fingerprint density at radius 1 is 1.19 bits per heavy atom. The van der Waals surface area contributed by atoms with E-state index < -0.39 is 7.60 Å². The molecular weight excluding hydrogens is 420 g/mol. The molecular formula is C22H23FN3O4P. The van der Waals surface area contributed by atoms with Crippen molar-refractivity contribution in [2.45, 2.75) is 6.16 Å². The lowest BCUT2D eigenvalue weighted by molar-refractivity contribution is -0.111. The van der Waals surface area contributed by atoms with Gasteiger partial charge in [0.05, 0.1) is 18.1 Å².